The maximum Gasteiger partial charge on any atom is 0.357 e. The van der Waals surface area contributed by atoms with Crippen molar-refractivity contribution >= 4 is 17.8 Å². The molecule has 0 aromatic rings. The number of aliphatic hydroxyl groups is 1. The summed E-state index contributed by atoms with van der Waals surface area (Å²) in [6.45, 7) is 0.432. The Morgan fingerprint density at radius 2 is 1.95 bits per heavy atom. The lowest BCUT2D eigenvalue weighted by Gasteiger charge is -2.34. The van der Waals surface area contributed by atoms with Gasteiger partial charge in [0, 0.05) is 19.5 Å². The summed E-state index contributed by atoms with van der Waals surface area (Å²) >= 11 is 0. The fourth-order valence-electron chi connectivity index (χ4n) is 2.94. The van der Waals surface area contributed by atoms with Gasteiger partial charge in [0.05, 0.1) is 6.54 Å². The summed E-state index contributed by atoms with van der Waals surface area (Å²) < 4.78 is 0. The van der Waals surface area contributed by atoms with Crippen molar-refractivity contribution in [3.05, 3.63) is 0 Å². The van der Waals surface area contributed by atoms with Gasteiger partial charge in [-0.3, -0.25) is 9.59 Å². The molecule has 8 nitrogen and oxygen atoms in total. The number of nitrogens with zero attached hydrogens (tertiary/aromatic N) is 2. The predicted molar refractivity (Wildman–Crippen MR) is 67.3 cm³/mol. The molecule has 8 heteroatoms. The van der Waals surface area contributed by atoms with E-state index in [0.717, 1.165) is 4.90 Å². The molecule has 20 heavy (non-hydrogen) atoms. The maximum atomic E-state index is 12.5. The van der Waals surface area contributed by atoms with E-state index in [0.29, 0.717) is 25.8 Å². The predicted octanol–water partition coefficient (Wildman–Crippen LogP) is -1.67. The smallest absolute Gasteiger partial charge is 0.357 e. The van der Waals surface area contributed by atoms with Crippen LogP contribution in [0, 0.1) is 0 Å². The lowest BCUT2D eigenvalue weighted by atomic mass is 10.1. The van der Waals surface area contributed by atoms with Crippen molar-refractivity contribution in [1.82, 2.24) is 9.80 Å². The number of carbonyl (C=O) groups excluding carboxylic acids is 2. The number of amides is 2. The standard InChI is InChI=1S/C12H19N3O5/c13-7-9(16)14-5-1-3-8(14)10(17)15-6-2-4-12(15,20)11(18)19/h8,20H,1-7,13H2,(H,18,19). The molecule has 0 aliphatic carbocycles. The van der Waals surface area contributed by atoms with E-state index >= 15 is 0 Å². The highest BCUT2D eigenvalue weighted by Gasteiger charge is 2.51. The first-order chi connectivity index (χ1) is 9.41. The van der Waals surface area contributed by atoms with E-state index < -0.39 is 23.6 Å². The minimum atomic E-state index is -2.16. The molecule has 2 rings (SSSR count). The zero-order valence-corrected chi connectivity index (χ0v) is 11.1. The highest BCUT2D eigenvalue weighted by Crippen LogP contribution is 2.30. The maximum absolute atomic E-state index is 12.5. The van der Waals surface area contributed by atoms with Gasteiger partial charge >= 0.3 is 5.97 Å². The summed E-state index contributed by atoms with van der Waals surface area (Å²) in [7, 11) is 0. The lowest BCUT2D eigenvalue weighted by Crippen LogP contribution is -2.58. The van der Waals surface area contributed by atoms with E-state index in [9.17, 15) is 19.5 Å². The van der Waals surface area contributed by atoms with Gasteiger partial charge in [-0.15, -0.1) is 0 Å². The second-order valence-electron chi connectivity index (χ2n) is 5.16. The Balaban J connectivity index is 2.18. The Labute approximate surface area is 116 Å². The number of likely N-dealkylation sites (tertiary alicyclic amines) is 2. The van der Waals surface area contributed by atoms with Crippen LogP contribution in [0.3, 0.4) is 0 Å². The molecule has 2 saturated heterocycles. The molecular weight excluding hydrogens is 266 g/mol. The van der Waals surface area contributed by atoms with Gasteiger partial charge in [-0.05, 0) is 19.3 Å². The molecule has 2 amide bonds. The van der Waals surface area contributed by atoms with E-state index in [2.05, 4.69) is 0 Å². The third kappa shape index (κ3) is 2.25. The second-order valence-corrected chi connectivity index (χ2v) is 5.16. The van der Waals surface area contributed by atoms with Gasteiger partial charge in [-0.1, -0.05) is 0 Å². The Morgan fingerprint density at radius 1 is 1.25 bits per heavy atom. The van der Waals surface area contributed by atoms with E-state index in [1.807, 2.05) is 0 Å². The van der Waals surface area contributed by atoms with Crippen LogP contribution in [0.4, 0.5) is 0 Å². The molecule has 0 aromatic heterocycles. The van der Waals surface area contributed by atoms with Gasteiger partial charge in [0.2, 0.25) is 17.5 Å². The zero-order chi connectivity index (χ0) is 14.9. The molecule has 2 unspecified atom stereocenters. The zero-order valence-electron chi connectivity index (χ0n) is 11.1. The molecule has 2 aliphatic rings. The average Bonchev–Trinajstić information content (AvgIpc) is 3.04. The Bertz CT molecular complexity index is 441. The van der Waals surface area contributed by atoms with Crippen LogP contribution in [-0.2, 0) is 14.4 Å². The van der Waals surface area contributed by atoms with Crippen molar-refractivity contribution in [2.75, 3.05) is 19.6 Å². The van der Waals surface area contributed by atoms with Crippen LogP contribution in [0.1, 0.15) is 25.7 Å². The molecule has 0 saturated carbocycles. The Morgan fingerprint density at radius 3 is 2.55 bits per heavy atom. The van der Waals surface area contributed by atoms with Crippen LogP contribution in [0.25, 0.3) is 0 Å². The molecule has 4 N–H and O–H groups in total. The quantitative estimate of drug-likeness (QED) is 0.569. The van der Waals surface area contributed by atoms with Crippen LogP contribution in [-0.4, -0.2) is 69.2 Å². The second kappa shape index (κ2) is 5.37. The van der Waals surface area contributed by atoms with Gasteiger partial charge in [0.1, 0.15) is 6.04 Å². The summed E-state index contributed by atoms with van der Waals surface area (Å²) in [6, 6.07) is -0.713. The number of hydrogen-bond donors (Lipinski definition) is 3. The first-order valence-corrected chi connectivity index (χ1v) is 6.68. The normalized spacial score (nSPS) is 29.8. The average molecular weight is 285 g/mol. The Hall–Kier alpha value is -1.67. The molecule has 112 valence electrons. The monoisotopic (exact) mass is 285 g/mol. The minimum absolute atomic E-state index is 0.00558. The van der Waals surface area contributed by atoms with Crippen molar-refractivity contribution < 1.29 is 24.6 Å². The van der Waals surface area contributed by atoms with Crippen molar-refractivity contribution in [3.8, 4) is 0 Å². The number of rotatable bonds is 3. The number of nitrogens with two attached hydrogens (primary N) is 1. The molecule has 0 aromatic carbocycles. The van der Waals surface area contributed by atoms with Gasteiger partial charge in [-0.25, -0.2) is 4.79 Å². The van der Waals surface area contributed by atoms with Crippen molar-refractivity contribution in [2.45, 2.75) is 37.5 Å². The SMILES string of the molecule is NCC(=O)N1CCCC1C(=O)N1CCCC1(O)C(=O)O. The van der Waals surface area contributed by atoms with Gasteiger partial charge in [0.25, 0.3) is 0 Å². The third-order valence-corrected chi connectivity index (χ3v) is 4.00. The van der Waals surface area contributed by atoms with E-state index in [1.54, 1.807) is 0 Å². The largest absolute Gasteiger partial charge is 0.478 e. The van der Waals surface area contributed by atoms with Crippen LogP contribution < -0.4 is 5.73 Å². The molecule has 2 heterocycles. The summed E-state index contributed by atoms with van der Waals surface area (Å²) in [5, 5.41) is 19.2. The highest BCUT2D eigenvalue weighted by molar-refractivity contribution is 5.92. The molecule has 2 fully saturated rings. The fourth-order valence-corrected chi connectivity index (χ4v) is 2.94. The number of hydrogen-bond acceptors (Lipinski definition) is 5. The molecule has 2 atom stereocenters. The summed E-state index contributed by atoms with van der Waals surface area (Å²) in [4.78, 5) is 37.7. The van der Waals surface area contributed by atoms with Crippen LogP contribution in [0.2, 0.25) is 0 Å². The van der Waals surface area contributed by atoms with Gasteiger partial charge in [-0.2, -0.15) is 0 Å². The summed E-state index contributed by atoms with van der Waals surface area (Å²) in [6.07, 6.45) is 1.57. The number of aliphatic carboxylic acids is 1. The first-order valence-electron chi connectivity index (χ1n) is 6.68. The van der Waals surface area contributed by atoms with E-state index in [1.165, 1.54) is 4.90 Å². The fraction of sp³-hybridized carbons (Fsp3) is 0.750. The van der Waals surface area contributed by atoms with Crippen LogP contribution in [0.15, 0.2) is 0 Å². The van der Waals surface area contributed by atoms with Crippen LogP contribution in [0.5, 0.6) is 0 Å². The third-order valence-electron chi connectivity index (χ3n) is 4.00. The van der Waals surface area contributed by atoms with Crippen molar-refractivity contribution in [3.63, 3.8) is 0 Å². The van der Waals surface area contributed by atoms with E-state index in [-0.39, 0.29) is 25.4 Å². The number of carbonyl (C=O) groups is 3. The van der Waals surface area contributed by atoms with Crippen molar-refractivity contribution in [2.24, 2.45) is 5.73 Å². The molecule has 0 radical (unpaired) electrons. The lowest BCUT2D eigenvalue weighted by molar-refractivity contribution is -0.184. The van der Waals surface area contributed by atoms with Gasteiger partial charge in [0.15, 0.2) is 0 Å². The number of carboxylic acids is 1. The summed E-state index contributed by atoms with van der Waals surface area (Å²) in [5.41, 5.74) is 3.15. The minimum Gasteiger partial charge on any atom is -0.478 e. The molecular formula is C12H19N3O5. The van der Waals surface area contributed by atoms with Gasteiger partial charge < -0.3 is 25.7 Å². The molecule has 2 aliphatic heterocycles. The summed E-state index contributed by atoms with van der Waals surface area (Å²) in [5.74, 6) is -2.27. The van der Waals surface area contributed by atoms with E-state index in [4.69, 9.17) is 10.8 Å². The topological polar surface area (TPSA) is 124 Å². The Kier molecular flexibility index (Phi) is 3.96. The first kappa shape index (κ1) is 14.7. The van der Waals surface area contributed by atoms with Crippen LogP contribution >= 0.6 is 0 Å². The van der Waals surface area contributed by atoms with Crippen molar-refractivity contribution in [1.29, 1.82) is 0 Å². The molecule has 0 spiro atoms. The highest BCUT2D eigenvalue weighted by atomic mass is 16.4. The molecule has 0 bridgehead atoms. The number of carboxylic acid groups (broad SMARTS) is 1.